The third kappa shape index (κ3) is 1.52. The molecule has 1 heterocycles. The van der Waals surface area contributed by atoms with E-state index in [9.17, 15) is 4.79 Å². The zero-order chi connectivity index (χ0) is 10.1. The number of aryl methyl sites for hydroxylation is 2. The smallest absolute Gasteiger partial charge is 0.313 e. The van der Waals surface area contributed by atoms with Gasteiger partial charge in [-0.3, -0.25) is 4.79 Å². The molecule has 0 aromatic carbocycles. The molecule has 2 N–H and O–H groups in total. The summed E-state index contributed by atoms with van der Waals surface area (Å²) in [6.07, 6.45) is 4.33. The summed E-state index contributed by atoms with van der Waals surface area (Å²) in [5.74, 6) is -0.749. The van der Waals surface area contributed by atoms with Crippen LogP contribution in [0.2, 0.25) is 0 Å². The van der Waals surface area contributed by atoms with Crippen molar-refractivity contribution in [2.24, 2.45) is 0 Å². The Kier molecular flexibility index (Phi) is 2.27. The fourth-order valence-corrected chi connectivity index (χ4v) is 1.80. The summed E-state index contributed by atoms with van der Waals surface area (Å²) in [5.41, 5.74) is 2.21. The standard InChI is InChI=1S/C10H14N2O2/c1-6(10(13)14)9-11-7-4-2-3-5-8(7)12-9/h6H,2-5H2,1H3,(H,11,12)(H,13,14). The quantitative estimate of drug-likeness (QED) is 0.749. The lowest BCUT2D eigenvalue weighted by molar-refractivity contribution is -0.138. The van der Waals surface area contributed by atoms with E-state index in [0.717, 1.165) is 24.2 Å². The molecule has 0 fully saturated rings. The van der Waals surface area contributed by atoms with Gasteiger partial charge >= 0.3 is 5.97 Å². The molecule has 1 aromatic heterocycles. The van der Waals surface area contributed by atoms with E-state index in [4.69, 9.17) is 5.11 Å². The lowest BCUT2D eigenvalue weighted by Gasteiger charge is -2.07. The minimum atomic E-state index is -0.823. The highest BCUT2D eigenvalue weighted by Gasteiger charge is 2.21. The van der Waals surface area contributed by atoms with E-state index in [2.05, 4.69) is 9.97 Å². The van der Waals surface area contributed by atoms with Crippen LogP contribution in [0.1, 0.15) is 42.9 Å². The van der Waals surface area contributed by atoms with Gasteiger partial charge in [0.05, 0.1) is 5.69 Å². The van der Waals surface area contributed by atoms with Crippen molar-refractivity contribution in [3.05, 3.63) is 17.2 Å². The molecule has 0 bridgehead atoms. The number of carbonyl (C=O) groups is 1. The number of carboxylic acids is 1. The summed E-state index contributed by atoms with van der Waals surface area (Å²) in [7, 11) is 0. The lowest BCUT2D eigenvalue weighted by Crippen LogP contribution is -2.09. The van der Waals surface area contributed by atoms with Gasteiger partial charge in [-0.1, -0.05) is 0 Å². The highest BCUT2D eigenvalue weighted by atomic mass is 16.4. The van der Waals surface area contributed by atoms with Gasteiger partial charge in [0, 0.05) is 5.69 Å². The topological polar surface area (TPSA) is 66.0 Å². The molecule has 4 nitrogen and oxygen atoms in total. The van der Waals surface area contributed by atoms with Gasteiger partial charge in [-0.05, 0) is 32.6 Å². The average molecular weight is 194 g/mol. The van der Waals surface area contributed by atoms with Crippen molar-refractivity contribution >= 4 is 5.97 Å². The third-order valence-corrected chi connectivity index (χ3v) is 2.75. The number of imidazole rings is 1. The van der Waals surface area contributed by atoms with Crippen LogP contribution in [0.15, 0.2) is 0 Å². The van der Waals surface area contributed by atoms with Gasteiger partial charge in [0.2, 0.25) is 0 Å². The van der Waals surface area contributed by atoms with E-state index < -0.39 is 11.9 Å². The van der Waals surface area contributed by atoms with Crippen molar-refractivity contribution < 1.29 is 9.90 Å². The van der Waals surface area contributed by atoms with E-state index in [1.54, 1.807) is 6.92 Å². The minimum absolute atomic E-state index is 0.527. The monoisotopic (exact) mass is 194 g/mol. The first-order valence-electron chi connectivity index (χ1n) is 4.99. The Labute approximate surface area is 82.4 Å². The molecule has 4 heteroatoms. The fraction of sp³-hybridized carbons (Fsp3) is 0.600. The van der Waals surface area contributed by atoms with Gasteiger partial charge in [-0.15, -0.1) is 0 Å². The molecule has 1 aliphatic rings. The van der Waals surface area contributed by atoms with Gasteiger partial charge in [0.25, 0.3) is 0 Å². The Morgan fingerprint density at radius 2 is 2.21 bits per heavy atom. The van der Waals surface area contributed by atoms with E-state index in [1.807, 2.05) is 0 Å². The molecule has 76 valence electrons. The van der Waals surface area contributed by atoms with Gasteiger partial charge in [-0.2, -0.15) is 0 Å². The number of aromatic amines is 1. The number of nitrogens with one attached hydrogen (secondary N) is 1. The van der Waals surface area contributed by atoms with E-state index in [1.165, 1.54) is 12.8 Å². The number of rotatable bonds is 2. The van der Waals surface area contributed by atoms with E-state index in [-0.39, 0.29) is 0 Å². The second-order valence-corrected chi connectivity index (χ2v) is 3.81. The van der Waals surface area contributed by atoms with Crippen LogP contribution < -0.4 is 0 Å². The molecule has 0 radical (unpaired) electrons. The third-order valence-electron chi connectivity index (χ3n) is 2.75. The number of hydrogen-bond donors (Lipinski definition) is 2. The second-order valence-electron chi connectivity index (χ2n) is 3.81. The van der Waals surface area contributed by atoms with Crippen molar-refractivity contribution in [2.45, 2.75) is 38.5 Å². The molecule has 1 aliphatic carbocycles. The van der Waals surface area contributed by atoms with Crippen LogP contribution in [-0.2, 0) is 17.6 Å². The predicted molar refractivity (Wildman–Crippen MR) is 51.3 cm³/mol. The van der Waals surface area contributed by atoms with E-state index >= 15 is 0 Å². The maximum Gasteiger partial charge on any atom is 0.313 e. The molecule has 0 spiro atoms. The molecule has 2 rings (SSSR count). The minimum Gasteiger partial charge on any atom is -0.481 e. The molecule has 1 unspecified atom stereocenters. The van der Waals surface area contributed by atoms with Crippen LogP contribution in [0.4, 0.5) is 0 Å². The molecule has 14 heavy (non-hydrogen) atoms. The van der Waals surface area contributed by atoms with Crippen LogP contribution in [0, 0.1) is 0 Å². The Balaban J connectivity index is 2.28. The Morgan fingerprint density at radius 1 is 1.50 bits per heavy atom. The summed E-state index contributed by atoms with van der Waals surface area (Å²) in [6, 6.07) is 0. The van der Waals surface area contributed by atoms with E-state index in [0.29, 0.717) is 5.82 Å². The number of H-pyrrole nitrogens is 1. The van der Waals surface area contributed by atoms with Gasteiger partial charge in [0.15, 0.2) is 0 Å². The molecule has 0 saturated carbocycles. The summed E-state index contributed by atoms with van der Waals surface area (Å²) < 4.78 is 0. The van der Waals surface area contributed by atoms with Crippen molar-refractivity contribution in [1.29, 1.82) is 0 Å². The summed E-state index contributed by atoms with van der Waals surface area (Å²) in [4.78, 5) is 18.2. The van der Waals surface area contributed by atoms with Gasteiger partial charge in [0.1, 0.15) is 11.7 Å². The Morgan fingerprint density at radius 3 is 2.86 bits per heavy atom. The summed E-state index contributed by atoms with van der Waals surface area (Å²) in [5, 5.41) is 8.84. The molecular formula is C10H14N2O2. The Hall–Kier alpha value is -1.32. The SMILES string of the molecule is CC(C(=O)O)c1nc2c([nH]1)CCCC2. The van der Waals surface area contributed by atoms with Crippen molar-refractivity contribution in [3.63, 3.8) is 0 Å². The van der Waals surface area contributed by atoms with Crippen LogP contribution in [0.5, 0.6) is 0 Å². The maximum atomic E-state index is 10.8. The van der Waals surface area contributed by atoms with Crippen LogP contribution in [0.3, 0.4) is 0 Å². The zero-order valence-corrected chi connectivity index (χ0v) is 8.21. The van der Waals surface area contributed by atoms with Crippen LogP contribution in [-0.4, -0.2) is 21.0 Å². The van der Waals surface area contributed by atoms with Crippen LogP contribution >= 0.6 is 0 Å². The largest absolute Gasteiger partial charge is 0.481 e. The number of aliphatic carboxylic acids is 1. The number of fused-ring (bicyclic) bond motifs is 1. The second kappa shape index (κ2) is 3.44. The van der Waals surface area contributed by atoms with Gasteiger partial charge < -0.3 is 10.1 Å². The van der Waals surface area contributed by atoms with Crippen LogP contribution in [0.25, 0.3) is 0 Å². The maximum absolute atomic E-state index is 10.8. The molecule has 0 amide bonds. The summed E-state index contributed by atoms with van der Waals surface area (Å²) >= 11 is 0. The first kappa shape index (κ1) is 9.24. The molecule has 1 atom stereocenters. The van der Waals surface area contributed by atoms with Crippen molar-refractivity contribution in [1.82, 2.24) is 9.97 Å². The molecular weight excluding hydrogens is 180 g/mol. The number of aromatic nitrogens is 2. The highest BCUT2D eigenvalue weighted by Crippen LogP contribution is 2.21. The normalized spacial score (nSPS) is 17.5. The Bertz CT molecular complexity index is 334. The van der Waals surface area contributed by atoms with Gasteiger partial charge in [-0.25, -0.2) is 4.98 Å². The zero-order valence-electron chi connectivity index (χ0n) is 8.21. The highest BCUT2D eigenvalue weighted by molar-refractivity contribution is 5.74. The summed E-state index contributed by atoms with van der Waals surface area (Å²) in [6.45, 7) is 1.66. The molecule has 1 aromatic rings. The average Bonchev–Trinajstić information content (AvgIpc) is 2.59. The first-order chi connectivity index (χ1) is 6.68. The number of nitrogens with zero attached hydrogens (tertiary/aromatic N) is 1. The predicted octanol–water partition coefficient (Wildman–Crippen LogP) is 1.48. The van der Waals surface area contributed by atoms with Crippen molar-refractivity contribution in [2.75, 3.05) is 0 Å². The van der Waals surface area contributed by atoms with Crippen molar-refractivity contribution in [3.8, 4) is 0 Å². The lowest BCUT2D eigenvalue weighted by atomic mass is 10.0. The fourth-order valence-electron chi connectivity index (χ4n) is 1.80. The first-order valence-corrected chi connectivity index (χ1v) is 4.99. The number of carboxylic acid groups (broad SMARTS) is 1. The molecule has 0 aliphatic heterocycles. The molecule has 0 saturated heterocycles. The number of hydrogen-bond acceptors (Lipinski definition) is 2.